The van der Waals surface area contributed by atoms with E-state index in [2.05, 4.69) is 29.5 Å². The van der Waals surface area contributed by atoms with Crippen molar-refractivity contribution in [1.82, 2.24) is 0 Å². The molecule has 1 aliphatic carbocycles. The Morgan fingerprint density at radius 2 is 1.68 bits per heavy atom. The molecule has 0 N–H and O–H groups in total. The fraction of sp³-hybridized carbons (Fsp3) is 0.467. The van der Waals surface area contributed by atoms with Crippen LogP contribution in [0.2, 0.25) is 0 Å². The zero-order chi connectivity index (χ0) is 13.6. The summed E-state index contributed by atoms with van der Waals surface area (Å²) in [5, 5.41) is 0. The number of anilines is 1. The lowest BCUT2D eigenvalue weighted by molar-refractivity contribution is -0.122. The van der Waals surface area contributed by atoms with E-state index in [1.807, 2.05) is 24.3 Å². The SMILES string of the molecule is C[C@H]1CC[C@@H]2C(=O)N(c3ccc(I)cc3)C(=O)[C@@H]2C1. The normalized spacial score (nSPS) is 30.6. The standard InChI is InChI=1S/C15H16INO2/c1-9-2-7-12-13(8-9)15(19)17(14(12)18)11-5-3-10(16)4-6-11/h3-6,9,12-13H,2,7-8H2,1H3/t9-,12-,13+/m0/s1. The monoisotopic (exact) mass is 369 g/mol. The smallest absolute Gasteiger partial charge is 0.237 e. The second kappa shape index (κ2) is 4.89. The Labute approximate surface area is 126 Å². The second-order valence-corrected chi connectivity index (χ2v) is 6.87. The lowest BCUT2D eigenvalue weighted by Crippen LogP contribution is -2.30. The second-order valence-electron chi connectivity index (χ2n) is 5.62. The van der Waals surface area contributed by atoms with Crippen LogP contribution in [0.25, 0.3) is 0 Å². The highest BCUT2D eigenvalue weighted by atomic mass is 127. The maximum Gasteiger partial charge on any atom is 0.237 e. The van der Waals surface area contributed by atoms with Gasteiger partial charge in [0.2, 0.25) is 11.8 Å². The van der Waals surface area contributed by atoms with Gasteiger partial charge in [-0.1, -0.05) is 6.92 Å². The number of halogens is 1. The van der Waals surface area contributed by atoms with Crippen molar-refractivity contribution in [1.29, 1.82) is 0 Å². The van der Waals surface area contributed by atoms with Gasteiger partial charge in [0.15, 0.2) is 0 Å². The molecule has 1 aliphatic heterocycles. The van der Waals surface area contributed by atoms with Crippen LogP contribution in [0.4, 0.5) is 5.69 Å². The van der Waals surface area contributed by atoms with Gasteiger partial charge in [-0.2, -0.15) is 0 Å². The Morgan fingerprint density at radius 3 is 2.37 bits per heavy atom. The van der Waals surface area contributed by atoms with Crippen LogP contribution >= 0.6 is 22.6 Å². The van der Waals surface area contributed by atoms with Gasteiger partial charge >= 0.3 is 0 Å². The molecule has 3 rings (SSSR count). The van der Waals surface area contributed by atoms with Crippen LogP contribution in [0.1, 0.15) is 26.2 Å². The molecule has 0 radical (unpaired) electrons. The predicted octanol–water partition coefficient (Wildman–Crippen LogP) is 3.22. The van der Waals surface area contributed by atoms with E-state index in [1.54, 1.807) is 0 Å². The third-order valence-corrected chi connectivity index (χ3v) is 4.99. The molecule has 1 aromatic carbocycles. The number of rotatable bonds is 1. The summed E-state index contributed by atoms with van der Waals surface area (Å²) >= 11 is 2.22. The van der Waals surface area contributed by atoms with E-state index in [-0.39, 0.29) is 23.7 Å². The Balaban J connectivity index is 1.93. The molecular formula is C15H16INO2. The van der Waals surface area contributed by atoms with Gasteiger partial charge in [-0.25, -0.2) is 0 Å². The minimum absolute atomic E-state index is 0.00255. The van der Waals surface area contributed by atoms with Crippen molar-refractivity contribution >= 4 is 40.1 Å². The molecule has 3 nitrogen and oxygen atoms in total. The minimum atomic E-state index is -0.0875. The lowest BCUT2D eigenvalue weighted by Gasteiger charge is -2.25. The topological polar surface area (TPSA) is 37.4 Å². The molecular weight excluding hydrogens is 353 g/mol. The number of amides is 2. The molecule has 2 amide bonds. The van der Waals surface area contributed by atoms with Crippen molar-refractivity contribution < 1.29 is 9.59 Å². The van der Waals surface area contributed by atoms with E-state index in [1.165, 1.54) is 4.90 Å². The summed E-state index contributed by atoms with van der Waals surface area (Å²) in [4.78, 5) is 26.3. The Morgan fingerprint density at radius 1 is 1.05 bits per heavy atom. The van der Waals surface area contributed by atoms with E-state index in [0.29, 0.717) is 5.92 Å². The van der Waals surface area contributed by atoms with Crippen LogP contribution in [0.5, 0.6) is 0 Å². The summed E-state index contributed by atoms with van der Waals surface area (Å²) in [7, 11) is 0. The summed E-state index contributed by atoms with van der Waals surface area (Å²) < 4.78 is 1.10. The Hall–Kier alpha value is -0.910. The van der Waals surface area contributed by atoms with E-state index in [0.717, 1.165) is 28.5 Å². The van der Waals surface area contributed by atoms with Gasteiger partial charge in [0, 0.05) is 3.57 Å². The highest BCUT2D eigenvalue weighted by Crippen LogP contribution is 2.42. The first-order valence-electron chi connectivity index (χ1n) is 6.71. The average Bonchev–Trinajstić information content (AvgIpc) is 2.63. The highest BCUT2D eigenvalue weighted by Gasteiger charge is 2.49. The average molecular weight is 369 g/mol. The summed E-state index contributed by atoms with van der Waals surface area (Å²) in [6.07, 6.45) is 2.77. The van der Waals surface area contributed by atoms with Crippen LogP contribution < -0.4 is 4.90 Å². The van der Waals surface area contributed by atoms with Gasteiger partial charge in [-0.3, -0.25) is 14.5 Å². The third-order valence-electron chi connectivity index (χ3n) is 4.27. The van der Waals surface area contributed by atoms with E-state index in [4.69, 9.17) is 0 Å². The molecule has 0 unspecified atom stereocenters. The Kier molecular flexibility index (Phi) is 3.37. The molecule has 1 saturated carbocycles. The fourth-order valence-electron chi connectivity index (χ4n) is 3.23. The molecule has 4 heteroatoms. The maximum absolute atomic E-state index is 12.5. The third kappa shape index (κ3) is 2.20. The van der Waals surface area contributed by atoms with E-state index in [9.17, 15) is 9.59 Å². The van der Waals surface area contributed by atoms with Gasteiger partial charge in [0.25, 0.3) is 0 Å². The summed E-state index contributed by atoms with van der Waals surface area (Å²) in [6.45, 7) is 2.17. The van der Waals surface area contributed by atoms with E-state index < -0.39 is 0 Å². The maximum atomic E-state index is 12.5. The first-order chi connectivity index (χ1) is 9.08. The van der Waals surface area contributed by atoms with Gasteiger partial charge in [0.05, 0.1) is 17.5 Å². The van der Waals surface area contributed by atoms with Crippen molar-refractivity contribution in [2.24, 2.45) is 17.8 Å². The molecule has 2 fully saturated rings. The van der Waals surface area contributed by atoms with Crippen LogP contribution in [0, 0.1) is 21.3 Å². The molecule has 1 saturated heterocycles. The molecule has 0 spiro atoms. The zero-order valence-corrected chi connectivity index (χ0v) is 13.0. The number of hydrogen-bond acceptors (Lipinski definition) is 2. The van der Waals surface area contributed by atoms with Gasteiger partial charge in [0.1, 0.15) is 0 Å². The van der Waals surface area contributed by atoms with Crippen LogP contribution in [-0.2, 0) is 9.59 Å². The quantitative estimate of drug-likeness (QED) is 0.563. The van der Waals surface area contributed by atoms with Crippen LogP contribution in [-0.4, -0.2) is 11.8 Å². The van der Waals surface area contributed by atoms with Gasteiger partial charge in [-0.15, -0.1) is 0 Å². The van der Waals surface area contributed by atoms with Crippen LogP contribution in [0.3, 0.4) is 0 Å². The van der Waals surface area contributed by atoms with Crippen molar-refractivity contribution in [3.8, 4) is 0 Å². The van der Waals surface area contributed by atoms with Crippen LogP contribution in [0.15, 0.2) is 24.3 Å². The number of carbonyl (C=O) groups excluding carboxylic acids is 2. The summed E-state index contributed by atoms with van der Waals surface area (Å²) in [5.74, 6) is 0.388. The first-order valence-corrected chi connectivity index (χ1v) is 7.79. The number of fused-ring (bicyclic) bond motifs is 1. The number of nitrogens with zero attached hydrogens (tertiary/aromatic N) is 1. The fourth-order valence-corrected chi connectivity index (χ4v) is 3.59. The Bertz CT molecular complexity index is 525. The van der Waals surface area contributed by atoms with Crippen molar-refractivity contribution in [2.45, 2.75) is 26.2 Å². The number of benzene rings is 1. The molecule has 19 heavy (non-hydrogen) atoms. The minimum Gasteiger partial charge on any atom is -0.274 e. The van der Waals surface area contributed by atoms with Crippen molar-refractivity contribution in [2.75, 3.05) is 4.90 Å². The van der Waals surface area contributed by atoms with Gasteiger partial charge < -0.3 is 0 Å². The zero-order valence-electron chi connectivity index (χ0n) is 10.8. The summed E-state index contributed by atoms with van der Waals surface area (Å²) in [5.41, 5.74) is 0.720. The molecule has 100 valence electrons. The molecule has 2 aliphatic rings. The molecule has 1 heterocycles. The number of imide groups is 1. The van der Waals surface area contributed by atoms with Crippen molar-refractivity contribution in [3.05, 3.63) is 27.8 Å². The predicted molar refractivity (Wildman–Crippen MR) is 81.6 cm³/mol. The highest BCUT2D eigenvalue weighted by molar-refractivity contribution is 14.1. The van der Waals surface area contributed by atoms with E-state index >= 15 is 0 Å². The molecule has 0 aromatic heterocycles. The van der Waals surface area contributed by atoms with Crippen molar-refractivity contribution in [3.63, 3.8) is 0 Å². The first kappa shape index (κ1) is 13.1. The molecule has 3 atom stereocenters. The number of carbonyl (C=O) groups is 2. The largest absolute Gasteiger partial charge is 0.274 e. The number of hydrogen-bond donors (Lipinski definition) is 0. The van der Waals surface area contributed by atoms with Gasteiger partial charge in [-0.05, 0) is 72.0 Å². The molecule has 1 aromatic rings. The summed E-state index contributed by atoms with van der Waals surface area (Å²) in [6, 6.07) is 7.58. The molecule has 0 bridgehead atoms. The lowest BCUT2D eigenvalue weighted by atomic mass is 9.76.